The number of aryl methyl sites for hydroxylation is 2. The standard InChI is InChI=1S/C18H19NO/c1-14-5-6-15(2)18(12-14)20-13-17-9-7-16(8-10-17)4-3-11-19/h5-10,12H,11,13,19H2,1-2H3. The maximum absolute atomic E-state index is 5.87. The van der Waals surface area contributed by atoms with Crippen LogP contribution in [0.25, 0.3) is 0 Å². The van der Waals surface area contributed by atoms with Gasteiger partial charge in [-0.3, -0.25) is 0 Å². The molecular weight excluding hydrogens is 246 g/mol. The monoisotopic (exact) mass is 265 g/mol. The fourth-order valence-electron chi connectivity index (χ4n) is 1.86. The highest BCUT2D eigenvalue weighted by Gasteiger charge is 2.00. The molecule has 0 bridgehead atoms. The maximum atomic E-state index is 5.87. The van der Waals surface area contributed by atoms with Gasteiger partial charge in [-0.1, -0.05) is 36.1 Å². The molecule has 2 N–H and O–H groups in total. The average Bonchev–Trinajstić information content (AvgIpc) is 2.47. The highest BCUT2D eigenvalue weighted by Crippen LogP contribution is 2.20. The van der Waals surface area contributed by atoms with Gasteiger partial charge in [0.1, 0.15) is 12.4 Å². The second-order valence-corrected chi connectivity index (χ2v) is 4.76. The molecule has 0 radical (unpaired) electrons. The summed E-state index contributed by atoms with van der Waals surface area (Å²) in [6, 6.07) is 14.3. The van der Waals surface area contributed by atoms with Crippen molar-refractivity contribution in [3.8, 4) is 17.6 Å². The molecule has 2 aromatic rings. The number of nitrogens with two attached hydrogens (primary N) is 1. The zero-order chi connectivity index (χ0) is 14.4. The largest absolute Gasteiger partial charge is 0.489 e. The summed E-state index contributed by atoms with van der Waals surface area (Å²) in [7, 11) is 0. The summed E-state index contributed by atoms with van der Waals surface area (Å²) in [6.07, 6.45) is 0. The first-order valence-corrected chi connectivity index (χ1v) is 6.67. The molecule has 0 saturated carbocycles. The van der Waals surface area contributed by atoms with Crippen molar-refractivity contribution in [3.05, 3.63) is 64.7 Å². The van der Waals surface area contributed by atoms with Gasteiger partial charge in [0.05, 0.1) is 6.54 Å². The van der Waals surface area contributed by atoms with Crippen LogP contribution in [0.5, 0.6) is 5.75 Å². The summed E-state index contributed by atoms with van der Waals surface area (Å²) in [5.41, 5.74) is 9.82. The summed E-state index contributed by atoms with van der Waals surface area (Å²) in [5.74, 6) is 6.79. The van der Waals surface area contributed by atoms with Gasteiger partial charge in [-0.05, 0) is 48.7 Å². The molecule has 2 aromatic carbocycles. The van der Waals surface area contributed by atoms with Crippen LogP contribution < -0.4 is 10.5 Å². The molecule has 0 aliphatic rings. The lowest BCUT2D eigenvalue weighted by molar-refractivity contribution is 0.304. The molecule has 0 unspecified atom stereocenters. The fraction of sp³-hybridized carbons (Fsp3) is 0.222. The Morgan fingerprint density at radius 1 is 1.05 bits per heavy atom. The van der Waals surface area contributed by atoms with Crippen molar-refractivity contribution >= 4 is 0 Å². The predicted octanol–water partition coefficient (Wildman–Crippen LogP) is 3.19. The predicted molar refractivity (Wildman–Crippen MR) is 82.6 cm³/mol. The summed E-state index contributed by atoms with van der Waals surface area (Å²) >= 11 is 0. The van der Waals surface area contributed by atoms with Crippen molar-refractivity contribution in [1.29, 1.82) is 0 Å². The summed E-state index contributed by atoms with van der Waals surface area (Å²) in [5, 5.41) is 0. The second-order valence-electron chi connectivity index (χ2n) is 4.76. The van der Waals surface area contributed by atoms with Gasteiger partial charge >= 0.3 is 0 Å². The van der Waals surface area contributed by atoms with Crippen LogP contribution >= 0.6 is 0 Å². The quantitative estimate of drug-likeness (QED) is 0.865. The Morgan fingerprint density at radius 2 is 1.80 bits per heavy atom. The van der Waals surface area contributed by atoms with Crippen LogP contribution in [0.1, 0.15) is 22.3 Å². The van der Waals surface area contributed by atoms with Gasteiger partial charge in [-0.15, -0.1) is 0 Å². The molecule has 2 rings (SSSR count). The molecule has 0 aliphatic heterocycles. The van der Waals surface area contributed by atoms with E-state index in [2.05, 4.69) is 43.9 Å². The van der Waals surface area contributed by atoms with Crippen LogP contribution in [0.4, 0.5) is 0 Å². The van der Waals surface area contributed by atoms with E-state index in [0.29, 0.717) is 13.2 Å². The van der Waals surface area contributed by atoms with Gasteiger partial charge in [0.25, 0.3) is 0 Å². The molecule has 20 heavy (non-hydrogen) atoms. The summed E-state index contributed by atoms with van der Waals surface area (Å²) < 4.78 is 5.87. The first-order chi connectivity index (χ1) is 9.69. The van der Waals surface area contributed by atoms with Crippen LogP contribution in [0.2, 0.25) is 0 Å². The minimum atomic E-state index is 0.386. The topological polar surface area (TPSA) is 35.2 Å². The van der Waals surface area contributed by atoms with Gasteiger partial charge in [-0.2, -0.15) is 0 Å². The molecule has 0 atom stereocenters. The number of hydrogen-bond acceptors (Lipinski definition) is 2. The number of benzene rings is 2. The SMILES string of the molecule is Cc1ccc(C)c(OCc2ccc(C#CCN)cc2)c1. The highest BCUT2D eigenvalue weighted by molar-refractivity contribution is 5.38. The van der Waals surface area contributed by atoms with Gasteiger partial charge in [0, 0.05) is 5.56 Å². The van der Waals surface area contributed by atoms with E-state index in [9.17, 15) is 0 Å². The van der Waals surface area contributed by atoms with E-state index in [4.69, 9.17) is 10.5 Å². The van der Waals surface area contributed by atoms with E-state index in [1.165, 1.54) is 5.56 Å². The Morgan fingerprint density at radius 3 is 2.50 bits per heavy atom. The van der Waals surface area contributed by atoms with Gasteiger partial charge in [-0.25, -0.2) is 0 Å². The van der Waals surface area contributed by atoms with Gasteiger partial charge < -0.3 is 10.5 Å². The lowest BCUT2D eigenvalue weighted by atomic mass is 10.1. The van der Waals surface area contributed by atoms with E-state index in [1.807, 2.05) is 24.3 Å². The zero-order valence-electron chi connectivity index (χ0n) is 11.9. The number of rotatable bonds is 3. The van der Waals surface area contributed by atoms with E-state index in [1.54, 1.807) is 0 Å². The van der Waals surface area contributed by atoms with Crippen LogP contribution in [0.3, 0.4) is 0 Å². The molecule has 0 heterocycles. The van der Waals surface area contributed by atoms with Crippen LogP contribution in [0, 0.1) is 25.7 Å². The zero-order valence-corrected chi connectivity index (χ0v) is 11.9. The minimum Gasteiger partial charge on any atom is -0.489 e. The Labute approximate surface area is 120 Å². The van der Waals surface area contributed by atoms with Crippen LogP contribution in [-0.4, -0.2) is 6.54 Å². The summed E-state index contributed by atoms with van der Waals surface area (Å²) in [4.78, 5) is 0. The van der Waals surface area contributed by atoms with Crippen LogP contribution in [-0.2, 0) is 6.61 Å². The lowest BCUT2D eigenvalue weighted by Gasteiger charge is -2.10. The third kappa shape index (κ3) is 3.88. The molecule has 0 saturated heterocycles. The van der Waals surface area contributed by atoms with E-state index < -0.39 is 0 Å². The third-order valence-corrected chi connectivity index (χ3v) is 3.03. The van der Waals surface area contributed by atoms with Crippen molar-refractivity contribution in [2.75, 3.05) is 6.54 Å². The molecule has 2 nitrogen and oxygen atoms in total. The molecule has 0 spiro atoms. The first kappa shape index (κ1) is 14.2. The fourth-order valence-corrected chi connectivity index (χ4v) is 1.86. The Kier molecular flexibility index (Phi) is 4.81. The molecular formula is C18H19NO. The van der Waals surface area contributed by atoms with Crippen LogP contribution in [0.15, 0.2) is 42.5 Å². The van der Waals surface area contributed by atoms with Gasteiger partial charge in [0.15, 0.2) is 0 Å². The van der Waals surface area contributed by atoms with E-state index in [-0.39, 0.29) is 0 Å². The Hall–Kier alpha value is -2.24. The van der Waals surface area contributed by atoms with Crippen molar-refractivity contribution in [2.24, 2.45) is 5.73 Å². The summed E-state index contributed by atoms with van der Waals surface area (Å²) in [6.45, 7) is 5.07. The molecule has 2 heteroatoms. The Balaban J connectivity index is 2.02. The third-order valence-electron chi connectivity index (χ3n) is 3.03. The Bertz CT molecular complexity index is 633. The van der Waals surface area contributed by atoms with Crippen molar-refractivity contribution in [3.63, 3.8) is 0 Å². The maximum Gasteiger partial charge on any atom is 0.122 e. The molecule has 0 fully saturated rings. The number of hydrogen-bond donors (Lipinski definition) is 1. The minimum absolute atomic E-state index is 0.386. The van der Waals surface area contributed by atoms with Gasteiger partial charge in [0.2, 0.25) is 0 Å². The van der Waals surface area contributed by atoms with Crippen molar-refractivity contribution in [2.45, 2.75) is 20.5 Å². The van der Waals surface area contributed by atoms with Crippen molar-refractivity contribution in [1.82, 2.24) is 0 Å². The first-order valence-electron chi connectivity index (χ1n) is 6.67. The normalized spacial score (nSPS) is 9.75. The van der Waals surface area contributed by atoms with E-state index in [0.717, 1.165) is 22.4 Å². The van der Waals surface area contributed by atoms with Crippen molar-refractivity contribution < 1.29 is 4.74 Å². The molecule has 0 aromatic heterocycles. The lowest BCUT2D eigenvalue weighted by Crippen LogP contribution is -1.97. The number of ether oxygens (including phenoxy) is 1. The van der Waals surface area contributed by atoms with E-state index >= 15 is 0 Å². The molecule has 0 amide bonds. The smallest absolute Gasteiger partial charge is 0.122 e. The highest BCUT2D eigenvalue weighted by atomic mass is 16.5. The second kappa shape index (κ2) is 6.79. The molecule has 0 aliphatic carbocycles. The molecule has 102 valence electrons. The average molecular weight is 265 g/mol.